The minimum atomic E-state index is -5.48. The topological polar surface area (TPSA) is 0 Å². The van der Waals surface area contributed by atoms with Gasteiger partial charge in [-0.3, -0.25) is 0 Å². The van der Waals surface area contributed by atoms with E-state index in [4.69, 9.17) is 0 Å². The molecular formula is C21H3AlF21. The van der Waals surface area contributed by atoms with Crippen molar-refractivity contribution >= 4 is 17.4 Å². The van der Waals surface area contributed by atoms with Crippen LogP contribution in [0.5, 0.6) is 0 Å². The van der Waals surface area contributed by atoms with Crippen molar-refractivity contribution in [2.24, 2.45) is 0 Å². The normalized spacial score (nSPS) is 11.7. The molecule has 3 aromatic rings. The van der Waals surface area contributed by atoms with Crippen molar-refractivity contribution in [3.05, 3.63) is 105 Å². The second kappa shape index (κ2) is 14.0. The summed E-state index contributed by atoms with van der Waals surface area (Å²) in [6, 6.07) is -0.875. The van der Waals surface area contributed by atoms with E-state index in [1.165, 1.54) is 0 Å². The standard InChI is InChI=1S/3C7HF7.Al/c3*8-2-1-3(9)6(11)4(5(2)10)7(12,13)14;/h3*1H;. The smallest absolute Gasteiger partial charge is 0.204 e. The lowest BCUT2D eigenvalue weighted by molar-refractivity contribution is -0.144. The highest BCUT2D eigenvalue weighted by molar-refractivity contribution is 5.75. The molecule has 0 amide bonds. The largest absolute Gasteiger partial charge is 0.422 e. The summed E-state index contributed by atoms with van der Waals surface area (Å²) in [7, 11) is 0. The lowest BCUT2D eigenvalue weighted by atomic mass is 10.1. The van der Waals surface area contributed by atoms with Gasteiger partial charge < -0.3 is 0 Å². The summed E-state index contributed by atoms with van der Waals surface area (Å²) in [4.78, 5) is 0. The lowest BCUT2D eigenvalue weighted by Crippen LogP contribution is -2.14. The molecule has 0 aromatic heterocycles. The zero-order valence-electron chi connectivity index (χ0n) is 19.2. The molecule has 0 bridgehead atoms. The second-order valence-electron chi connectivity index (χ2n) is 7.02. The molecule has 0 saturated heterocycles. The lowest BCUT2D eigenvalue weighted by Gasteiger charge is -2.09. The van der Waals surface area contributed by atoms with E-state index in [2.05, 4.69) is 0 Å². The summed E-state index contributed by atoms with van der Waals surface area (Å²) >= 11 is 0. The van der Waals surface area contributed by atoms with Crippen LogP contribution >= 0.6 is 0 Å². The van der Waals surface area contributed by atoms with Gasteiger partial charge in [-0.2, -0.15) is 39.5 Å². The Morgan fingerprint density at radius 1 is 0.279 bits per heavy atom. The number of hydrogen-bond acceptors (Lipinski definition) is 0. The predicted octanol–water partition coefficient (Wildman–Crippen LogP) is 9.40. The first-order valence-electron chi connectivity index (χ1n) is 9.45. The molecule has 0 aliphatic carbocycles. The average Bonchev–Trinajstić information content (AvgIpc) is 2.79. The first-order valence-corrected chi connectivity index (χ1v) is 9.45. The number of halogens is 21. The molecule has 43 heavy (non-hydrogen) atoms. The maximum atomic E-state index is 12.4. The SMILES string of the molecule is Fc1cc(F)c(F)c(C(F)(F)F)c1F.Fc1cc(F)c(F)c(C(F)(F)F)c1F.Fc1cc(F)c(F)c(C(F)(F)F)c1F.[Al]. The van der Waals surface area contributed by atoms with Gasteiger partial charge in [-0.1, -0.05) is 0 Å². The summed E-state index contributed by atoms with van der Waals surface area (Å²) < 4.78 is 255. The highest BCUT2D eigenvalue weighted by Gasteiger charge is 2.42. The molecule has 3 aromatic carbocycles. The summed E-state index contributed by atoms with van der Waals surface area (Å²) in [5, 5.41) is 0. The predicted molar refractivity (Wildman–Crippen MR) is 99.6 cm³/mol. The molecule has 0 fully saturated rings. The van der Waals surface area contributed by atoms with Crippen LogP contribution in [0, 0.1) is 69.8 Å². The van der Waals surface area contributed by atoms with E-state index in [-0.39, 0.29) is 35.6 Å². The van der Waals surface area contributed by atoms with E-state index >= 15 is 0 Å². The van der Waals surface area contributed by atoms with Crippen LogP contribution in [0.1, 0.15) is 16.7 Å². The van der Waals surface area contributed by atoms with Crippen molar-refractivity contribution in [1.82, 2.24) is 0 Å². The van der Waals surface area contributed by atoms with Crippen LogP contribution in [0.2, 0.25) is 0 Å². The summed E-state index contributed by atoms with van der Waals surface area (Å²) in [6.45, 7) is 0. The Bertz CT molecular complexity index is 1200. The molecule has 0 atom stereocenters. The summed E-state index contributed by atoms with van der Waals surface area (Å²) in [5.41, 5.74) is -7.68. The molecule has 0 nitrogen and oxygen atoms in total. The van der Waals surface area contributed by atoms with Crippen LogP contribution < -0.4 is 0 Å². The fraction of sp³-hybridized carbons (Fsp3) is 0.143. The van der Waals surface area contributed by atoms with Gasteiger partial charge in [0, 0.05) is 35.6 Å². The van der Waals surface area contributed by atoms with E-state index in [0.29, 0.717) is 0 Å². The zero-order chi connectivity index (χ0) is 33.3. The van der Waals surface area contributed by atoms with Crippen molar-refractivity contribution in [3.63, 3.8) is 0 Å². The van der Waals surface area contributed by atoms with Gasteiger partial charge in [-0.15, -0.1) is 0 Å². The van der Waals surface area contributed by atoms with E-state index < -0.39 is 105 Å². The van der Waals surface area contributed by atoms with Gasteiger partial charge in [0.15, 0.2) is 69.8 Å². The van der Waals surface area contributed by atoms with Gasteiger partial charge in [0.25, 0.3) is 0 Å². The molecule has 0 spiro atoms. The van der Waals surface area contributed by atoms with Gasteiger partial charge >= 0.3 is 18.5 Å². The van der Waals surface area contributed by atoms with E-state index in [1.807, 2.05) is 0 Å². The highest BCUT2D eigenvalue weighted by Crippen LogP contribution is 2.37. The van der Waals surface area contributed by atoms with Crippen molar-refractivity contribution < 1.29 is 92.2 Å². The van der Waals surface area contributed by atoms with Crippen molar-refractivity contribution in [1.29, 1.82) is 0 Å². The van der Waals surface area contributed by atoms with E-state index in [9.17, 15) is 92.2 Å². The van der Waals surface area contributed by atoms with Crippen molar-refractivity contribution in [3.8, 4) is 0 Å². The van der Waals surface area contributed by atoms with Crippen LogP contribution in [0.15, 0.2) is 18.2 Å². The van der Waals surface area contributed by atoms with Crippen LogP contribution in [-0.2, 0) is 18.5 Å². The molecule has 3 rings (SSSR count). The van der Waals surface area contributed by atoms with E-state index in [0.717, 1.165) is 0 Å². The third-order valence-corrected chi connectivity index (χ3v) is 4.19. The maximum Gasteiger partial charge on any atom is 0.422 e. The number of hydrogen-bond donors (Lipinski definition) is 0. The highest BCUT2D eigenvalue weighted by atomic mass is 27.0. The summed E-state index contributed by atoms with van der Waals surface area (Å²) in [6.07, 6.45) is -16.4. The fourth-order valence-electron chi connectivity index (χ4n) is 2.47. The quantitative estimate of drug-likeness (QED) is 0.126. The van der Waals surface area contributed by atoms with Gasteiger partial charge in [0.05, 0.1) is 0 Å². The first-order chi connectivity index (χ1) is 18.7. The summed E-state index contributed by atoms with van der Waals surface area (Å²) in [5.74, 6) is -27.2. The zero-order valence-corrected chi connectivity index (χ0v) is 20.4. The third kappa shape index (κ3) is 9.35. The molecule has 0 aliphatic heterocycles. The Hall–Kier alpha value is -3.28. The van der Waals surface area contributed by atoms with Crippen LogP contribution in [0.25, 0.3) is 0 Å². The van der Waals surface area contributed by atoms with Crippen LogP contribution in [0.3, 0.4) is 0 Å². The molecule has 0 heterocycles. The Labute approximate surface area is 233 Å². The van der Waals surface area contributed by atoms with Crippen LogP contribution in [-0.4, -0.2) is 17.4 Å². The molecule has 0 N–H and O–H groups in total. The minimum Gasteiger partial charge on any atom is -0.204 e. The molecule has 3 radical (unpaired) electrons. The monoisotopic (exact) mass is 681 g/mol. The van der Waals surface area contributed by atoms with Crippen LogP contribution in [0.4, 0.5) is 92.2 Å². The Morgan fingerprint density at radius 2 is 0.395 bits per heavy atom. The average molecular weight is 681 g/mol. The molecule has 0 aliphatic rings. The number of benzene rings is 3. The molecule has 0 unspecified atom stereocenters. The maximum absolute atomic E-state index is 12.4. The fourth-order valence-corrected chi connectivity index (χ4v) is 2.47. The molecule has 237 valence electrons. The molecule has 22 heteroatoms. The van der Waals surface area contributed by atoms with Crippen molar-refractivity contribution in [2.75, 3.05) is 0 Å². The Kier molecular flexibility index (Phi) is 12.9. The molecular weight excluding hydrogens is 678 g/mol. The van der Waals surface area contributed by atoms with Gasteiger partial charge in [0.1, 0.15) is 16.7 Å². The van der Waals surface area contributed by atoms with Crippen molar-refractivity contribution in [2.45, 2.75) is 18.5 Å². The molecule has 0 saturated carbocycles. The van der Waals surface area contributed by atoms with Gasteiger partial charge in [-0.25, -0.2) is 52.7 Å². The Morgan fingerprint density at radius 3 is 0.488 bits per heavy atom. The van der Waals surface area contributed by atoms with Gasteiger partial charge in [-0.05, 0) is 0 Å². The van der Waals surface area contributed by atoms with E-state index in [1.54, 1.807) is 0 Å². The van der Waals surface area contributed by atoms with Gasteiger partial charge in [0.2, 0.25) is 0 Å². The first kappa shape index (κ1) is 39.7. The second-order valence-corrected chi connectivity index (χ2v) is 7.02. The minimum absolute atomic E-state index is 0. The number of alkyl halides is 9. The Balaban J connectivity index is 0.000000608. The third-order valence-electron chi connectivity index (χ3n) is 4.19. The number of rotatable bonds is 0.